The van der Waals surface area contributed by atoms with E-state index < -0.39 is 6.09 Å². The van der Waals surface area contributed by atoms with Gasteiger partial charge in [-0.25, -0.2) is 4.79 Å². The number of amides is 1. The largest absolute Gasteiger partial charge is 0.445 e. The summed E-state index contributed by atoms with van der Waals surface area (Å²) >= 11 is 4.72. The summed E-state index contributed by atoms with van der Waals surface area (Å²) < 4.78 is 4.98. The maximum atomic E-state index is 11.3. The maximum absolute atomic E-state index is 11.3. The van der Waals surface area contributed by atoms with Crippen LogP contribution in [0.25, 0.3) is 0 Å². The molecular weight excluding hydrogens is 224 g/mol. The van der Waals surface area contributed by atoms with Gasteiger partial charge in [0.15, 0.2) is 0 Å². The average Bonchev–Trinajstić information content (AvgIpc) is 2.27. The number of alkyl carbamates (subject to hydrolysis) is 1. The lowest BCUT2D eigenvalue weighted by molar-refractivity contribution is 0.138. The second-order valence-corrected chi connectivity index (χ2v) is 3.80. The van der Waals surface area contributed by atoms with Crippen LogP contribution in [-0.4, -0.2) is 17.1 Å². The minimum atomic E-state index is -0.524. The molecule has 1 atom stereocenters. The van der Waals surface area contributed by atoms with Crippen LogP contribution in [0.2, 0.25) is 0 Å². The van der Waals surface area contributed by atoms with Gasteiger partial charge in [0, 0.05) is 0 Å². The van der Waals surface area contributed by atoms with Gasteiger partial charge in [0.05, 0.1) is 11.0 Å². The van der Waals surface area contributed by atoms with E-state index in [1.807, 2.05) is 30.3 Å². The molecule has 0 saturated carbocycles. The summed E-state index contributed by atoms with van der Waals surface area (Å²) in [5, 5.41) is 2.52. The fraction of sp³-hybridized carbons (Fsp3) is 0.273. The van der Waals surface area contributed by atoms with Crippen LogP contribution in [0.15, 0.2) is 30.3 Å². The van der Waals surface area contributed by atoms with Gasteiger partial charge in [-0.05, 0) is 12.5 Å². The van der Waals surface area contributed by atoms with Crippen molar-refractivity contribution in [1.29, 1.82) is 0 Å². The number of nitrogens with two attached hydrogens (primary N) is 1. The second-order valence-electron chi connectivity index (χ2n) is 3.33. The van der Waals surface area contributed by atoms with E-state index in [-0.39, 0.29) is 17.6 Å². The van der Waals surface area contributed by atoms with E-state index in [2.05, 4.69) is 5.32 Å². The Morgan fingerprint density at radius 2 is 2.12 bits per heavy atom. The summed E-state index contributed by atoms with van der Waals surface area (Å²) in [5.41, 5.74) is 6.28. The van der Waals surface area contributed by atoms with E-state index in [0.29, 0.717) is 0 Å². The summed E-state index contributed by atoms with van der Waals surface area (Å²) in [6.45, 7) is 1.93. The van der Waals surface area contributed by atoms with Crippen LogP contribution in [0, 0.1) is 0 Å². The zero-order valence-electron chi connectivity index (χ0n) is 8.97. The first-order valence-corrected chi connectivity index (χ1v) is 5.27. The van der Waals surface area contributed by atoms with Crippen LogP contribution >= 0.6 is 12.2 Å². The highest BCUT2D eigenvalue weighted by atomic mass is 32.1. The predicted octanol–water partition coefficient (Wildman–Crippen LogP) is 1.59. The smallest absolute Gasteiger partial charge is 0.408 e. The molecule has 4 nitrogen and oxygen atoms in total. The van der Waals surface area contributed by atoms with Gasteiger partial charge in [0.1, 0.15) is 6.61 Å². The van der Waals surface area contributed by atoms with Crippen molar-refractivity contribution < 1.29 is 9.53 Å². The Balaban J connectivity index is 2.33. The standard InChI is InChI=1S/C11H14N2O2S/c1-8(10(12)16)13-11(14)15-7-9-5-3-2-4-6-9/h2-6,8H,7H2,1H3,(H2,12,16)(H,13,14)/t8-/m0/s1. The Morgan fingerprint density at radius 1 is 1.50 bits per heavy atom. The fourth-order valence-electron chi connectivity index (χ4n) is 1.01. The quantitative estimate of drug-likeness (QED) is 0.782. The molecule has 0 aliphatic heterocycles. The Labute approximate surface area is 99.8 Å². The molecule has 1 amide bonds. The third-order valence-electron chi connectivity index (χ3n) is 1.97. The van der Waals surface area contributed by atoms with Crippen LogP contribution in [0.3, 0.4) is 0 Å². The lowest BCUT2D eigenvalue weighted by Crippen LogP contribution is -2.41. The lowest BCUT2D eigenvalue weighted by atomic mass is 10.2. The third-order valence-corrected chi connectivity index (χ3v) is 2.33. The maximum Gasteiger partial charge on any atom is 0.408 e. The van der Waals surface area contributed by atoms with Gasteiger partial charge in [-0.2, -0.15) is 0 Å². The Morgan fingerprint density at radius 3 is 2.69 bits per heavy atom. The van der Waals surface area contributed by atoms with Crippen molar-refractivity contribution in [3.8, 4) is 0 Å². The van der Waals surface area contributed by atoms with Gasteiger partial charge in [-0.15, -0.1) is 0 Å². The van der Waals surface area contributed by atoms with Crippen molar-refractivity contribution in [2.75, 3.05) is 0 Å². The third kappa shape index (κ3) is 4.27. The predicted molar refractivity (Wildman–Crippen MR) is 66.0 cm³/mol. The van der Waals surface area contributed by atoms with Gasteiger partial charge < -0.3 is 15.8 Å². The number of ether oxygens (including phenoxy) is 1. The highest BCUT2D eigenvalue weighted by Gasteiger charge is 2.09. The second kappa shape index (κ2) is 6.07. The molecule has 0 aliphatic rings. The van der Waals surface area contributed by atoms with E-state index >= 15 is 0 Å². The monoisotopic (exact) mass is 238 g/mol. The van der Waals surface area contributed by atoms with Gasteiger partial charge >= 0.3 is 6.09 Å². The number of thiocarbonyl (C=S) groups is 1. The SMILES string of the molecule is C[C@H](NC(=O)OCc1ccccc1)C(N)=S. The molecule has 0 saturated heterocycles. The molecule has 0 heterocycles. The molecule has 0 radical (unpaired) electrons. The Kier molecular flexibility index (Phi) is 4.72. The average molecular weight is 238 g/mol. The highest BCUT2D eigenvalue weighted by Crippen LogP contribution is 2.00. The number of rotatable bonds is 4. The molecule has 0 aromatic heterocycles. The van der Waals surface area contributed by atoms with Crippen LogP contribution < -0.4 is 11.1 Å². The van der Waals surface area contributed by atoms with Crippen molar-refractivity contribution in [3.63, 3.8) is 0 Å². The summed E-state index contributed by atoms with van der Waals surface area (Å²) in [6, 6.07) is 9.06. The van der Waals surface area contributed by atoms with Gasteiger partial charge in [-0.1, -0.05) is 42.5 Å². The summed E-state index contributed by atoms with van der Waals surface area (Å²) in [6.07, 6.45) is -0.524. The number of carbonyl (C=O) groups excluding carboxylic acids is 1. The molecule has 5 heteroatoms. The van der Waals surface area contributed by atoms with E-state index in [9.17, 15) is 4.79 Å². The molecule has 0 spiro atoms. The number of hydrogen-bond acceptors (Lipinski definition) is 3. The van der Waals surface area contributed by atoms with E-state index in [1.54, 1.807) is 6.92 Å². The Bertz CT molecular complexity index is 368. The number of carbonyl (C=O) groups is 1. The summed E-state index contributed by atoms with van der Waals surface area (Å²) in [4.78, 5) is 11.5. The number of benzene rings is 1. The zero-order valence-corrected chi connectivity index (χ0v) is 9.79. The lowest BCUT2D eigenvalue weighted by Gasteiger charge is -2.12. The highest BCUT2D eigenvalue weighted by molar-refractivity contribution is 7.80. The van der Waals surface area contributed by atoms with Crippen LogP contribution in [0.4, 0.5) is 4.79 Å². The van der Waals surface area contributed by atoms with Crippen molar-refractivity contribution >= 4 is 23.3 Å². The van der Waals surface area contributed by atoms with E-state index in [4.69, 9.17) is 22.7 Å². The molecule has 0 aliphatic carbocycles. The summed E-state index contributed by atoms with van der Waals surface area (Å²) in [5.74, 6) is 0. The number of nitrogens with one attached hydrogen (secondary N) is 1. The van der Waals surface area contributed by atoms with Gasteiger partial charge in [-0.3, -0.25) is 0 Å². The van der Waals surface area contributed by atoms with Crippen molar-refractivity contribution in [2.24, 2.45) is 5.73 Å². The molecule has 0 bridgehead atoms. The molecule has 16 heavy (non-hydrogen) atoms. The molecular formula is C11H14N2O2S. The first-order valence-electron chi connectivity index (χ1n) is 4.86. The van der Waals surface area contributed by atoms with Crippen molar-refractivity contribution in [3.05, 3.63) is 35.9 Å². The minimum Gasteiger partial charge on any atom is -0.445 e. The van der Waals surface area contributed by atoms with Crippen molar-refractivity contribution in [1.82, 2.24) is 5.32 Å². The molecule has 3 N–H and O–H groups in total. The Hall–Kier alpha value is -1.62. The molecule has 86 valence electrons. The van der Waals surface area contributed by atoms with E-state index in [0.717, 1.165) is 5.56 Å². The van der Waals surface area contributed by atoms with Crippen LogP contribution in [0.1, 0.15) is 12.5 Å². The van der Waals surface area contributed by atoms with Gasteiger partial charge in [0.25, 0.3) is 0 Å². The first-order chi connectivity index (χ1) is 7.59. The first kappa shape index (κ1) is 12.4. The minimum absolute atomic E-state index is 0.233. The molecule has 0 fully saturated rings. The topological polar surface area (TPSA) is 64.3 Å². The van der Waals surface area contributed by atoms with Gasteiger partial charge in [0.2, 0.25) is 0 Å². The van der Waals surface area contributed by atoms with Crippen molar-refractivity contribution in [2.45, 2.75) is 19.6 Å². The molecule has 0 unspecified atom stereocenters. The van der Waals surface area contributed by atoms with Crippen LogP contribution in [0.5, 0.6) is 0 Å². The van der Waals surface area contributed by atoms with Crippen LogP contribution in [-0.2, 0) is 11.3 Å². The number of hydrogen-bond donors (Lipinski definition) is 2. The zero-order chi connectivity index (χ0) is 12.0. The molecule has 1 aromatic rings. The normalized spacial score (nSPS) is 11.6. The molecule has 1 rings (SSSR count). The van der Waals surface area contributed by atoms with E-state index in [1.165, 1.54) is 0 Å². The fourth-order valence-corrected chi connectivity index (χ4v) is 1.07. The molecule has 1 aromatic carbocycles. The summed E-state index contributed by atoms with van der Waals surface area (Å²) in [7, 11) is 0.